The predicted octanol–water partition coefficient (Wildman–Crippen LogP) is 7.39. The fraction of sp³-hybridized carbons (Fsp3) is 0.212. The van der Waals surface area contributed by atoms with Crippen LogP contribution in [0.5, 0.6) is 0 Å². The Bertz CT molecular complexity index is 1510. The summed E-state index contributed by atoms with van der Waals surface area (Å²) in [5, 5.41) is 1.11. The Morgan fingerprint density at radius 1 is 0.850 bits per heavy atom. The molecule has 1 aliphatic carbocycles. The van der Waals surface area contributed by atoms with Gasteiger partial charge in [0, 0.05) is 19.5 Å². The number of carbonyl (C=O) groups excluding carboxylic acids is 2. The zero-order chi connectivity index (χ0) is 28.2. The van der Waals surface area contributed by atoms with Gasteiger partial charge in [-0.1, -0.05) is 85.8 Å². The fourth-order valence-electron chi connectivity index (χ4n) is 5.34. The number of nitrogens with one attached hydrogen (secondary N) is 1. The van der Waals surface area contributed by atoms with E-state index in [0.29, 0.717) is 0 Å². The summed E-state index contributed by atoms with van der Waals surface area (Å²) in [6, 6.07) is 28.2. The highest BCUT2D eigenvalue weighted by Gasteiger charge is 2.30. The van der Waals surface area contributed by atoms with E-state index < -0.39 is 17.9 Å². The molecule has 0 unspecified atom stereocenters. The molecular weight excluding hydrogens is 505 g/mol. The average molecular weight is 538 g/mol. The summed E-state index contributed by atoms with van der Waals surface area (Å²) in [7, 11) is 1.47. The van der Waals surface area contributed by atoms with Gasteiger partial charge in [-0.2, -0.15) is 0 Å². The predicted molar refractivity (Wildman–Crippen MR) is 156 cm³/mol. The van der Waals surface area contributed by atoms with Crippen molar-refractivity contribution in [3.8, 4) is 22.3 Å². The van der Waals surface area contributed by atoms with Crippen molar-refractivity contribution in [2.24, 2.45) is 0 Å². The lowest BCUT2D eigenvalue weighted by molar-refractivity contribution is 0.113. The molecular formula is C33H32FN3O3. The Kier molecular flexibility index (Phi) is 7.82. The van der Waals surface area contributed by atoms with Gasteiger partial charge in [0.05, 0.1) is 5.69 Å². The van der Waals surface area contributed by atoms with Crippen molar-refractivity contribution in [2.45, 2.75) is 26.2 Å². The largest absolute Gasteiger partial charge is 0.447 e. The summed E-state index contributed by atoms with van der Waals surface area (Å²) in [6.45, 7) is 4.06. The van der Waals surface area contributed by atoms with Crippen LogP contribution in [0.25, 0.3) is 22.3 Å². The highest BCUT2D eigenvalue weighted by Crippen LogP contribution is 2.44. The maximum Gasteiger partial charge on any atom is 0.426 e. The Morgan fingerprint density at radius 2 is 1.45 bits per heavy atom. The van der Waals surface area contributed by atoms with E-state index in [0.717, 1.165) is 50.4 Å². The Balaban J connectivity index is 1.25. The smallest absolute Gasteiger partial charge is 0.426 e. The molecule has 0 aromatic heterocycles. The van der Waals surface area contributed by atoms with E-state index >= 15 is 4.39 Å². The Hall–Kier alpha value is -4.65. The molecule has 0 saturated heterocycles. The molecule has 4 aromatic rings. The first-order valence-electron chi connectivity index (χ1n) is 13.5. The van der Waals surface area contributed by atoms with Crippen LogP contribution >= 0.6 is 0 Å². The van der Waals surface area contributed by atoms with Crippen molar-refractivity contribution in [2.75, 3.05) is 25.1 Å². The van der Waals surface area contributed by atoms with Gasteiger partial charge in [-0.25, -0.2) is 24.4 Å². The minimum Gasteiger partial charge on any atom is -0.447 e. The number of carbonyl (C=O) groups is 2. The van der Waals surface area contributed by atoms with Crippen molar-refractivity contribution < 1.29 is 18.7 Å². The van der Waals surface area contributed by atoms with E-state index in [1.807, 2.05) is 60.7 Å². The summed E-state index contributed by atoms with van der Waals surface area (Å²) in [5.74, 6) is -0.631. The number of aryl methyl sites for hydroxylation is 1. The molecule has 5 rings (SSSR count). The second kappa shape index (κ2) is 11.6. The molecule has 4 aromatic carbocycles. The Morgan fingerprint density at radius 3 is 2.05 bits per heavy atom. The molecule has 7 heteroatoms. The molecule has 204 valence electrons. The van der Waals surface area contributed by atoms with Crippen molar-refractivity contribution >= 4 is 17.8 Å². The van der Waals surface area contributed by atoms with Gasteiger partial charge in [-0.15, -0.1) is 0 Å². The number of ether oxygens (including phenoxy) is 1. The SMILES string of the molecule is CCc1ccccc1-c1ccc(N(C)C(=O)N(CC)NC(=O)OCC2c3ccccc3-c3ccccc32)c(F)c1. The molecule has 0 heterocycles. The van der Waals surface area contributed by atoms with Crippen molar-refractivity contribution in [3.05, 3.63) is 114 Å². The van der Waals surface area contributed by atoms with E-state index in [9.17, 15) is 9.59 Å². The summed E-state index contributed by atoms with van der Waals surface area (Å²) in [4.78, 5) is 27.2. The van der Waals surface area contributed by atoms with Crippen molar-refractivity contribution in [3.63, 3.8) is 0 Å². The summed E-state index contributed by atoms with van der Waals surface area (Å²) < 4.78 is 20.8. The van der Waals surface area contributed by atoms with Gasteiger partial charge in [0.2, 0.25) is 0 Å². The van der Waals surface area contributed by atoms with Crippen LogP contribution in [0.1, 0.15) is 36.5 Å². The van der Waals surface area contributed by atoms with E-state index in [-0.39, 0.29) is 24.8 Å². The summed E-state index contributed by atoms with van der Waals surface area (Å²) >= 11 is 0. The van der Waals surface area contributed by atoms with Crippen LogP contribution < -0.4 is 10.3 Å². The molecule has 0 saturated carbocycles. The van der Waals surface area contributed by atoms with Gasteiger partial charge in [-0.05, 0) is 64.4 Å². The molecule has 0 atom stereocenters. The van der Waals surface area contributed by atoms with E-state index in [1.165, 1.54) is 18.0 Å². The molecule has 0 fully saturated rings. The van der Waals surface area contributed by atoms with Gasteiger partial charge >= 0.3 is 12.1 Å². The number of anilines is 1. The second-order valence-corrected chi connectivity index (χ2v) is 9.70. The number of urea groups is 1. The number of benzene rings is 4. The first kappa shape index (κ1) is 26.9. The number of nitrogens with zero attached hydrogens (tertiary/aromatic N) is 2. The maximum atomic E-state index is 15.2. The third-order valence-corrected chi connectivity index (χ3v) is 7.42. The lowest BCUT2D eigenvalue weighted by Gasteiger charge is -2.27. The third-order valence-electron chi connectivity index (χ3n) is 7.42. The zero-order valence-corrected chi connectivity index (χ0v) is 22.9. The normalized spacial score (nSPS) is 11.9. The molecule has 0 radical (unpaired) electrons. The molecule has 0 spiro atoms. The first-order chi connectivity index (χ1) is 19.4. The molecule has 6 nitrogen and oxygen atoms in total. The number of rotatable bonds is 6. The maximum absolute atomic E-state index is 15.2. The lowest BCUT2D eigenvalue weighted by atomic mass is 9.98. The van der Waals surface area contributed by atoms with Gasteiger partial charge in [0.15, 0.2) is 0 Å². The highest BCUT2D eigenvalue weighted by atomic mass is 19.1. The van der Waals surface area contributed by atoms with Crippen LogP contribution in [0.4, 0.5) is 19.7 Å². The minimum absolute atomic E-state index is 0.1000. The van der Waals surface area contributed by atoms with Crippen LogP contribution in [0, 0.1) is 5.82 Å². The molecule has 40 heavy (non-hydrogen) atoms. The summed E-state index contributed by atoms with van der Waals surface area (Å²) in [5.41, 5.74) is 9.89. The number of halogens is 1. The molecule has 0 aliphatic heterocycles. The van der Waals surface area contributed by atoms with Crippen molar-refractivity contribution in [1.29, 1.82) is 0 Å². The van der Waals surface area contributed by atoms with Gasteiger partial charge in [0.25, 0.3) is 0 Å². The van der Waals surface area contributed by atoms with E-state index in [4.69, 9.17) is 4.74 Å². The van der Waals surface area contributed by atoms with Crippen LogP contribution in [0.3, 0.4) is 0 Å². The molecule has 1 aliphatic rings. The van der Waals surface area contributed by atoms with Crippen LogP contribution in [0.2, 0.25) is 0 Å². The molecule has 3 amide bonds. The average Bonchev–Trinajstić information content (AvgIpc) is 3.31. The second-order valence-electron chi connectivity index (χ2n) is 9.70. The highest BCUT2D eigenvalue weighted by molar-refractivity contribution is 5.93. The number of amides is 3. The van der Waals surface area contributed by atoms with Crippen LogP contribution in [-0.2, 0) is 11.2 Å². The number of hydrogen-bond donors (Lipinski definition) is 1. The number of hydrazine groups is 1. The Labute approximate surface area is 234 Å². The van der Waals surface area contributed by atoms with E-state index in [1.54, 1.807) is 19.1 Å². The first-order valence-corrected chi connectivity index (χ1v) is 13.5. The fourth-order valence-corrected chi connectivity index (χ4v) is 5.34. The van der Waals surface area contributed by atoms with Gasteiger partial charge in [0.1, 0.15) is 12.4 Å². The number of hydrogen-bond acceptors (Lipinski definition) is 3. The third kappa shape index (κ3) is 5.15. The lowest BCUT2D eigenvalue weighted by Crippen LogP contribution is -2.51. The van der Waals surface area contributed by atoms with Gasteiger partial charge in [-0.3, -0.25) is 4.90 Å². The molecule has 1 N–H and O–H groups in total. The monoisotopic (exact) mass is 537 g/mol. The standard InChI is InChI=1S/C33H32FN3O3/c1-4-22-12-6-7-13-24(22)23-18-19-31(30(34)20-23)36(3)33(39)37(5-2)35-32(38)40-21-29-27-16-10-8-14-25(27)26-15-9-11-17-28(26)29/h6-20,29H,4-5,21H2,1-3H3,(H,35,38). The van der Waals surface area contributed by atoms with Crippen molar-refractivity contribution in [1.82, 2.24) is 10.4 Å². The zero-order valence-electron chi connectivity index (χ0n) is 22.9. The van der Waals surface area contributed by atoms with E-state index in [2.05, 4.69) is 24.5 Å². The van der Waals surface area contributed by atoms with Crippen LogP contribution in [-0.4, -0.2) is 37.3 Å². The van der Waals surface area contributed by atoms with Crippen LogP contribution in [0.15, 0.2) is 91.0 Å². The van der Waals surface area contributed by atoms with Gasteiger partial charge < -0.3 is 4.74 Å². The topological polar surface area (TPSA) is 61.9 Å². The summed E-state index contributed by atoms with van der Waals surface area (Å²) in [6.07, 6.45) is 0.0720. The number of fused-ring (bicyclic) bond motifs is 3. The minimum atomic E-state index is -0.752. The quantitative estimate of drug-likeness (QED) is 0.261. The molecule has 0 bridgehead atoms.